The molecule has 0 saturated heterocycles. The van der Waals surface area contributed by atoms with Gasteiger partial charge in [-0.1, -0.05) is 0 Å². The molecule has 4 saturated carbocycles. The van der Waals surface area contributed by atoms with E-state index in [9.17, 15) is 13.6 Å². The molecule has 0 amide bonds. The largest absolute Gasteiger partial charge is 0.294 e. The Morgan fingerprint density at radius 3 is 2.14 bits per heavy atom. The summed E-state index contributed by atoms with van der Waals surface area (Å²) in [5.74, 6) is 0.851. The lowest BCUT2D eigenvalue weighted by atomic mass is 9.48. The predicted molar refractivity (Wildman–Crippen MR) is 75.9 cm³/mol. The Morgan fingerprint density at radius 1 is 1.05 bits per heavy atom. The summed E-state index contributed by atoms with van der Waals surface area (Å²) in [7, 11) is 0. The summed E-state index contributed by atoms with van der Waals surface area (Å²) in [5.41, 5.74) is 0.166. The van der Waals surface area contributed by atoms with Crippen molar-refractivity contribution >= 4 is 5.78 Å². The van der Waals surface area contributed by atoms with Crippen molar-refractivity contribution in [1.29, 1.82) is 0 Å². The van der Waals surface area contributed by atoms with Crippen molar-refractivity contribution in [2.45, 2.75) is 44.9 Å². The second-order valence-electron chi connectivity index (χ2n) is 7.64. The summed E-state index contributed by atoms with van der Waals surface area (Å²) in [6.07, 6.45) is 7.84. The highest BCUT2D eigenvalue weighted by molar-refractivity contribution is 5.96. The molecule has 4 bridgehead atoms. The fourth-order valence-corrected chi connectivity index (χ4v) is 5.66. The van der Waals surface area contributed by atoms with Crippen LogP contribution in [0.4, 0.5) is 8.78 Å². The Kier molecular flexibility index (Phi) is 2.95. The van der Waals surface area contributed by atoms with E-state index in [0.29, 0.717) is 6.42 Å². The van der Waals surface area contributed by atoms with Crippen molar-refractivity contribution in [2.75, 3.05) is 0 Å². The number of ketones is 1. The summed E-state index contributed by atoms with van der Waals surface area (Å²) < 4.78 is 26.8. The van der Waals surface area contributed by atoms with Crippen LogP contribution in [0.5, 0.6) is 0 Å². The van der Waals surface area contributed by atoms with Gasteiger partial charge in [0, 0.05) is 12.5 Å². The number of hydrogen-bond acceptors (Lipinski definition) is 1. The maximum Gasteiger partial charge on any atom is 0.166 e. The summed E-state index contributed by atoms with van der Waals surface area (Å²) in [6, 6.07) is 3.29. The minimum absolute atomic E-state index is 0.0622. The number of benzene rings is 1. The van der Waals surface area contributed by atoms with Crippen molar-refractivity contribution in [3.05, 3.63) is 35.4 Å². The highest BCUT2D eigenvalue weighted by Crippen LogP contribution is 2.61. The lowest BCUT2D eigenvalue weighted by Gasteiger charge is -2.56. The standard InChI is InChI=1S/C18H20F2O/c19-14-1-2-15(16(20)6-14)17(21)10-18-7-11-3-12(8-18)5-13(4-11)9-18/h1-2,6,11-13H,3-5,7-10H2. The van der Waals surface area contributed by atoms with E-state index in [1.54, 1.807) is 0 Å². The first-order valence-corrected chi connectivity index (χ1v) is 8.01. The number of halogens is 2. The van der Waals surface area contributed by atoms with Gasteiger partial charge in [0.25, 0.3) is 0 Å². The van der Waals surface area contributed by atoms with Crippen molar-refractivity contribution in [3.8, 4) is 0 Å². The van der Waals surface area contributed by atoms with Gasteiger partial charge in [-0.25, -0.2) is 8.78 Å². The van der Waals surface area contributed by atoms with Crippen LogP contribution in [0, 0.1) is 34.8 Å². The molecule has 1 aromatic carbocycles. The molecule has 0 aromatic heterocycles. The molecular weight excluding hydrogens is 270 g/mol. The molecule has 0 N–H and O–H groups in total. The van der Waals surface area contributed by atoms with Crippen LogP contribution in [0.2, 0.25) is 0 Å². The van der Waals surface area contributed by atoms with Gasteiger partial charge in [-0.05, 0) is 73.8 Å². The predicted octanol–water partition coefficient (Wildman–Crippen LogP) is 4.75. The van der Waals surface area contributed by atoms with Crippen molar-refractivity contribution in [2.24, 2.45) is 23.2 Å². The molecule has 1 aromatic rings. The second kappa shape index (κ2) is 4.62. The van der Waals surface area contributed by atoms with Gasteiger partial charge in [0.2, 0.25) is 0 Å². The molecule has 4 fully saturated rings. The Balaban J connectivity index is 1.57. The molecule has 3 heteroatoms. The first-order valence-electron chi connectivity index (χ1n) is 8.01. The van der Waals surface area contributed by atoms with Crippen LogP contribution >= 0.6 is 0 Å². The van der Waals surface area contributed by atoms with Crippen LogP contribution in [0.25, 0.3) is 0 Å². The zero-order valence-electron chi connectivity index (χ0n) is 12.1. The van der Waals surface area contributed by atoms with Gasteiger partial charge in [-0.15, -0.1) is 0 Å². The maximum absolute atomic E-state index is 13.8. The molecule has 1 nitrogen and oxygen atoms in total. The van der Waals surface area contributed by atoms with E-state index in [1.807, 2.05) is 0 Å². The van der Waals surface area contributed by atoms with Gasteiger partial charge in [0.1, 0.15) is 11.6 Å². The normalized spacial score (nSPS) is 37.0. The van der Waals surface area contributed by atoms with Gasteiger partial charge < -0.3 is 0 Å². The van der Waals surface area contributed by atoms with E-state index >= 15 is 0 Å². The molecular formula is C18H20F2O. The molecule has 0 aliphatic heterocycles. The van der Waals surface area contributed by atoms with Gasteiger partial charge in [0.15, 0.2) is 5.78 Å². The van der Waals surface area contributed by atoms with Gasteiger partial charge in [-0.3, -0.25) is 4.79 Å². The van der Waals surface area contributed by atoms with E-state index in [1.165, 1.54) is 31.4 Å². The Bertz CT molecular complexity index is 558. The third-order valence-corrected chi connectivity index (χ3v) is 5.93. The highest BCUT2D eigenvalue weighted by atomic mass is 19.1. The Hall–Kier alpha value is -1.25. The Labute approximate surface area is 123 Å². The summed E-state index contributed by atoms with van der Waals surface area (Å²) in [5, 5.41) is 0. The lowest BCUT2D eigenvalue weighted by Crippen LogP contribution is -2.46. The lowest BCUT2D eigenvalue weighted by molar-refractivity contribution is -0.0524. The van der Waals surface area contributed by atoms with E-state index in [2.05, 4.69) is 0 Å². The smallest absolute Gasteiger partial charge is 0.166 e. The highest BCUT2D eigenvalue weighted by Gasteiger charge is 2.51. The van der Waals surface area contributed by atoms with Crippen LogP contribution < -0.4 is 0 Å². The quantitative estimate of drug-likeness (QED) is 0.734. The van der Waals surface area contributed by atoms with E-state index in [0.717, 1.165) is 43.1 Å². The average molecular weight is 290 g/mol. The molecule has 0 heterocycles. The minimum atomic E-state index is -0.718. The van der Waals surface area contributed by atoms with E-state index in [4.69, 9.17) is 0 Å². The number of hydrogen-bond donors (Lipinski definition) is 0. The topological polar surface area (TPSA) is 17.1 Å². The molecule has 0 radical (unpaired) electrons. The third-order valence-electron chi connectivity index (χ3n) is 5.93. The van der Waals surface area contributed by atoms with Crippen molar-refractivity contribution in [1.82, 2.24) is 0 Å². The van der Waals surface area contributed by atoms with Gasteiger partial charge >= 0.3 is 0 Å². The first-order chi connectivity index (χ1) is 10.0. The SMILES string of the molecule is O=C(CC12CC3CC(CC(C3)C1)C2)c1ccc(F)cc1F. The fraction of sp³-hybridized carbons (Fsp3) is 0.611. The van der Waals surface area contributed by atoms with Gasteiger partial charge in [-0.2, -0.15) is 0 Å². The van der Waals surface area contributed by atoms with Crippen molar-refractivity contribution in [3.63, 3.8) is 0 Å². The molecule has 0 spiro atoms. The third kappa shape index (κ3) is 2.31. The second-order valence-corrected chi connectivity index (χ2v) is 7.64. The average Bonchev–Trinajstić information content (AvgIpc) is 2.35. The van der Waals surface area contributed by atoms with Crippen LogP contribution in [0.3, 0.4) is 0 Å². The summed E-state index contributed by atoms with van der Waals surface area (Å²) in [6.45, 7) is 0. The summed E-state index contributed by atoms with van der Waals surface area (Å²) in [4.78, 5) is 12.5. The van der Waals surface area contributed by atoms with Crippen LogP contribution in [-0.4, -0.2) is 5.78 Å². The Morgan fingerprint density at radius 2 is 1.62 bits per heavy atom. The van der Waals surface area contributed by atoms with E-state index < -0.39 is 11.6 Å². The fourth-order valence-electron chi connectivity index (χ4n) is 5.66. The monoisotopic (exact) mass is 290 g/mol. The van der Waals surface area contributed by atoms with Crippen molar-refractivity contribution < 1.29 is 13.6 Å². The molecule has 0 unspecified atom stereocenters. The first kappa shape index (κ1) is 13.4. The number of carbonyl (C=O) groups excluding carboxylic acids is 1. The molecule has 0 atom stereocenters. The van der Waals surface area contributed by atoms with Crippen LogP contribution in [0.1, 0.15) is 55.3 Å². The molecule has 5 rings (SSSR count). The molecule has 4 aliphatic rings. The minimum Gasteiger partial charge on any atom is -0.294 e. The number of carbonyl (C=O) groups is 1. The number of rotatable bonds is 3. The molecule has 112 valence electrons. The zero-order chi connectivity index (χ0) is 14.6. The zero-order valence-corrected chi connectivity index (χ0v) is 12.1. The number of Topliss-reactive ketones (excluding diaryl/α,β-unsaturated/α-hetero) is 1. The van der Waals surface area contributed by atoms with Crippen LogP contribution in [-0.2, 0) is 0 Å². The summed E-state index contributed by atoms with van der Waals surface area (Å²) >= 11 is 0. The maximum atomic E-state index is 13.8. The molecule has 4 aliphatic carbocycles. The van der Waals surface area contributed by atoms with Gasteiger partial charge in [0.05, 0.1) is 5.56 Å². The van der Waals surface area contributed by atoms with Crippen LogP contribution in [0.15, 0.2) is 18.2 Å². The molecule has 21 heavy (non-hydrogen) atoms. The van der Waals surface area contributed by atoms with E-state index in [-0.39, 0.29) is 16.8 Å².